The lowest BCUT2D eigenvalue weighted by Gasteiger charge is -2.42. The van der Waals surface area contributed by atoms with Gasteiger partial charge in [0.25, 0.3) is 0 Å². The second-order valence-corrected chi connectivity index (χ2v) is 9.57. The number of amides is 1. The quantitative estimate of drug-likeness (QED) is 0.437. The van der Waals surface area contributed by atoms with Gasteiger partial charge < -0.3 is 14.8 Å². The van der Waals surface area contributed by atoms with E-state index in [0.717, 1.165) is 28.3 Å². The molecule has 1 N–H and O–H groups in total. The molecule has 1 saturated heterocycles. The summed E-state index contributed by atoms with van der Waals surface area (Å²) in [6.45, 7) is 7.40. The van der Waals surface area contributed by atoms with Crippen LogP contribution in [0.3, 0.4) is 0 Å². The second kappa shape index (κ2) is 9.80. The van der Waals surface area contributed by atoms with E-state index in [9.17, 15) is 4.79 Å². The van der Waals surface area contributed by atoms with Crippen LogP contribution in [0.5, 0.6) is 5.75 Å². The van der Waals surface area contributed by atoms with Gasteiger partial charge in [0.2, 0.25) is 5.91 Å². The molecule has 0 bridgehead atoms. The Morgan fingerprint density at radius 1 is 1.03 bits per heavy atom. The minimum absolute atomic E-state index is 0.0336. The molecule has 3 aromatic carbocycles. The van der Waals surface area contributed by atoms with Gasteiger partial charge in [0.1, 0.15) is 5.75 Å². The monoisotopic (exact) mass is 447 g/mol. The summed E-state index contributed by atoms with van der Waals surface area (Å²) in [6.07, 6.45) is 0.350. The maximum absolute atomic E-state index is 12.4. The number of benzene rings is 3. The molecule has 1 amide bonds. The summed E-state index contributed by atoms with van der Waals surface area (Å²) in [6, 6.07) is 22.1. The molecule has 1 aliphatic heterocycles. The van der Waals surface area contributed by atoms with Crippen LogP contribution < -0.4 is 10.1 Å². The Labute approximate surface area is 194 Å². The van der Waals surface area contributed by atoms with E-state index in [1.165, 1.54) is 16.0 Å². The van der Waals surface area contributed by atoms with Gasteiger partial charge >= 0.3 is 0 Å². The fourth-order valence-electron chi connectivity index (χ4n) is 3.97. The third-order valence-electron chi connectivity index (χ3n) is 5.59. The molecule has 0 atom stereocenters. The summed E-state index contributed by atoms with van der Waals surface area (Å²) in [4.78, 5) is 13.7. The molecule has 0 aromatic heterocycles. The lowest BCUT2D eigenvalue weighted by molar-refractivity contribution is -0.168. The minimum Gasteiger partial charge on any atom is -0.478 e. The number of aryl methyl sites for hydroxylation is 2. The van der Waals surface area contributed by atoms with Crippen LogP contribution in [0.15, 0.2) is 71.6 Å². The highest BCUT2D eigenvalue weighted by Gasteiger charge is 2.44. The van der Waals surface area contributed by atoms with Crippen molar-refractivity contribution in [3.05, 3.63) is 89.0 Å². The molecule has 0 aliphatic carbocycles. The molecule has 0 saturated carbocycles. The molecule has 0 radical (unpaired) electrons. The average Bonchev–Trinajstić information content (AvgIpc) is 2.74. The van der Waals surface area contributed by atoms with E-state index in [2.05, 4.69) is 56.4 Å². The number of hydrogen-bond acceptors (Lipinski definition) is 4. The Morgan fingerprint density at radius 2 is 1.75 bits per heavy atom. The molecular weight excluding hydrogens is 418 g/mol. The number of nitrogens with one attached hydrogen (secondary N) is 1. The van der Waals surface area contributed by atoms with Crippen molar-refractivity contribution in [3.63, 3.8) is 0 Å². The molecule has 0 unspecified atom stereocenters. The van der Waals surface area contributed by atoms with Gasteiger partial charge in [-0.3, -0.25) is 4.79 Å². The molecule has 32 heavy (non-hydrogen) atoms. The Hall–Kier alpha value is -2.76. The molecule has 3 aromatic rings. The lowest BCUT2D eigenvalue weighted by atomic mass is 9.87. The standard InChI is InChI=1S/C27H29NO3S/c1-4-32-24-12-6-21(7-13-24)16-26(29)28-22-8-10-23(11-9-22)31-27(17-30-18-27)25-14-5-19(2)15-20(25)3/h5-15H,4,16-18H2,1-3H3,(H,28,29). The first-order valence-electron chi connectivity index (χ1n) is 10.9. The van der Waals surface area contributed by atoms with Gasteiger partial charge in [-0.2, -0.15) is 0 Å². The van der Waals surface area contributed by atoms with E-state index >= 15 is 0 Å². The van der Waals surface area contributed by atoms with Crippen LogP contribution in [0.25, 0.3) is 0 Å². The van der Waals surface area contributed by atoms with Gasteiger partial charge in [0, 0.05) is 16.1 Å². The van der Waals surface area contributed by atoms with E-state index in [4.69, 9.17) is 9.47 Å². The maximum atomic E-state index is 12.4. The van der Waals surface area contributed by atoms with Gasteiger partial charge in [0.05, 0.1) is 19.6 Å². The van der Waals surface area contributed by atoms with E-state index in [0.29, 0.717) is 19.6 Å². The van der Waals surface area contributed by atoms with Crippen molar-refractivity contribution in [1.82, 2.24) is 0 Å². The lowest BCUT2D eigenvalue weighted by Crippen LogP contribution is -2.51. The summed E-state index contributed by atoms with van der Waals surface area (Å²) >= 11 is 1.80. The third kappa shape index (κ3) is 5.17. The summed E-state index contributed by atoms with van der Waals surface area (Å²) < 4.78 is 11.9. The predicted octanol–water partition coefficient (Wildman–Crippen LogP) is 5.90. The van der Waals surface area contributed by atoms with Crippen molar-refractivity contribution in [3.8, 4) is 5.75 Å². The number of rotatable bonds is 8. The van der Waals surface area contributed by atoms with Crippen LogP contribution >= 0.6 is 11.8 Å². The van der Waals surface area contributed by atoms with Crippen LogP contribution in [-0.2, 0) is 21.6 Å². The van der Waals surface area contributed by atoms with Crippen molar-refractivity contribution in [1.29, 1.82) is 0 Å². The van der Waals surface area contributed by atoms with Crippen LogP contribution in [0.2, 0.25) is 0 Å². The zero-order chi connectivity index (χ0) is 22.6. The Balaban J connectivity index is 1.38. The number of carbonyl (C=O) groups excluding carboxylic acids is 1. The number of carbonyl (C=O) groups is 1. The normalized spacial score (nSPS) is 14.5. The van der Waals surface area contributed by atoms with Crippen molar-refractivity contribution >= 4 is 23.4 Å². The zero-order valence-corrected chi connectivity index (χ0v) is 19.6. The molecule has 166 valence electrons. The summed E-state index contributed by atoms with van der Waals surface area (Å²) in [5, 5.41) is 2.97. The maximum Gasteiger partial charge on any atom is 0.228 e. The Bertz CT molecular complexity index is 1070. The molecule has 1 fully saturated rings. The van der Waals surface area contributed by atoms with Gasteiger partial charge in [-0.05, 0) is 67.1 Å². The highest BCUT2D eigenvalue weighted by molar-refractivity contribution is 7.99. The fraction of sp³-hybridized carbons (Fsp3) is 0.296. The Morgan fingerprint density at radius 3 is 2.34 bits per heavy atom. The summed E-state index contributed by atoms with van der Waals surface area (Å²) in [5.41, 5.74) is 4.91. The van der Waals surface area contributed by atoms with Gasteiger partial charge in [-0.25, -0.2) is 0 Å². The first-order chi connectivity index (χ1) is 15.5. The SMILES string of the molecule is CCSc1ccc(CC(=O)Nc2ccc(OC3(c4ccc(C)cc4C)COC3)cc2)cc1. The van der Waals surface area contributed by atoms with Crippen molar-refractivity contribution in [2.24, 2.45) is 0 Å². The fourth-order valence-corrected chi connectivity index (χ4v) is 4.64. The van der Waals surface area contributed by atoms with Crippen LogP contribution in [-0.4, -0.2) is 24.9 Å². The molecular formula is C27H29NO3S. The van der Waals surface area contributed by atoms with Crippen LogP contribution in [0.1, 0.15) is 29.2 Å². The third-order valence-corrected chi connectivity index (χ3v) is 6.49. The van der Waals surface area contributed by atoms with E-state index in [1.54, 1.807) is 11.8 Å². The molecule has 4 rings (SSSR count). The first-order valence-corrected chi connectivity index (χ1v) is 11.9. The largest absolute Gasteiger partial charge is 0.478 e. The molecule has 1 heterocycles. The first kappa shape index (κ1) is 22.4. The number of thioether (sulfide) groups is 1. The zero-order valence-electron chi connectivity index (χ0n) is 18.8. The van der Waals surface area contributed by atoms with E-state index in [1.807, 2.05) is 36.4 Å². The summed E-state index contributed by atoms with van der Waals surface area (Å²) in [5.74, 6) is 1.77. The van der Waals surface area contributed by atoms with Gasteiger partial charge in [0.15, 0.2) is 5.60 Å². The van der Waals surface area contributed by atoms with E-state index < -0.39 is 5.60 Å². The van der Waals surface area contributed by atoms with Gasteiger partial charge in [-0.1, -0.05) is 42.8 Å². The highest BCUT2D eigenvalue weighted by Crippen LogP contribution is 2.37. The topological polar surface area (TPSA) is 47.6 Å². The molecule has 1 aliphatic rings. The molecule has 0 spiro atoms. The second-order valence-electron chi connectivity index (χ2n) is 8.23. The summed E-state index contributed by atoms with van der Waals surface area (Å²) in [7, 11) is 0. The molecule has 4 nitrogen and oxygen atoms in total. The van der Waals surface area contributed by atoms with Crippen LogP contribution in [0, 0.1) is 13.8 Å². The minimum atomic E-state index is -0.454. The number of anilines is 1. The Kier molecular flexibility index (Phi) is 6.87. The van der Waals surface area contributed by atoms with Crippen molar-refractivity contribution in [2.75, 3.05) is 24.3 Å². The number of ether oxygens (including phenoxy) is 2. The number of hydrogen-bond donors (Lipinski definition) is 1. The smallest absolute Gasteiger partial charge is 0.228 e. The predicted molar refractivity (Wildman–Crippen MR) is 131 cm³/mol. The van der Waals surface area contributed by atoms with Crippen molar-refractivity contribution in [2.45, 2.75) is 37.7 Å². The van der Waals surface area contributed by atoms with E-state index in [-0.39, 0.29) is 5.91 Å². The van der Waals surface area contributed by atoms with Crippen LogP contribution in [0.4, 0.5) is 5.69 Å². The molecule has 5 heteroatoms. The van der Waals surface area contributed by atoms with Crippen molar-refractivity contribution < 1.29 is 14.3 Å². The average molecular weight is 448 g/mol. The van der Waals surface area contributed by atoms with Gasteiger partial charge in [-0.15, -0.1) is 11.8 Å². The highest BCUT2D eigenvalue weighted by atomic mass is 32.2.